The number of nitrogens with zero attached hydrogens (tertiary/aromatic N) is 9. The van der Waals surface area contributed by atoms with Gasteiger partial charge in [-0.3, -0.25) is 34.2 Å². The van der Waals surface area contributed by atoms with E-state index in [0.717, 1.165) is 83.6 Å². The van der Waals surface area contributed by atoms with Gasteiger partial charge in [0.1, 0.15) is 81.6 Å². The molecule has 0 saturated carbocycles. The summed E-state index contributed by atoms with van der Waals surface area (Å²) in [7, 11) is -0.382. The van der Waals surface area contributed by atoms with Gasteiger partial charge < -0.3 is 67.6 Å². The maximum Gasteiger partial charge on any atom is 0.494 e. The van der Waals surface area contributed by atoms with Gasteiger partial charge in [-0.25, -0.2) is 56.9 Å². The Morgan fingerprint density at radius 3 is 1.10 bits per heavy atom. The lowest BCUT2D eigenvalue weighted by molar-refractivity contribution is -0.119. The number of amides is 7. The van der Waals surface area contributed by atoms with Crippen LogP contribution in [-0.4, -0.2) is 198 Å². The van der Waals surface area contributed by atoms with E-state index >= 15 is 8.78 Å². The van der Waals surface area contributed by atoms with Crippen LogP contribution in [0.3, 0.4) is 0 Å². The van der Waals surface area contributed by atoms with Crippen LogP contribution >= 0.6 is 22.6 Å². The minimum Gasteiger partial charge on any atom is -0.444 e. The van der Waals surface area contributed by atoms with Crippen LogP contribution in [0.5, 0.6) is 0 Å². The summed E-state index contributed by atoms with van der Waals surface area (Å²) in [6.07, 6.45) is 8.23. The first kappa shape index (κ1) is 98.4. The predicted octanol–water partition coefficient (Wildman–Crippen LogP) is 19.6. The Morgan fingerprint density at radius 2 is 0.774 bits per heavy atom. The number of H-pyrrole nitrogens is 3. The van der Waals surface area contributed by atoms with Crippen LogP contribution in [0.4, 0.5) is 59.0 Å². The lowest BCUT2D eigenvalue weighted by Crippen LogP contribution is -2.41. The van der Waals surface area contributed by atoms with Crippen molar-refractivity contribution in [1.29, 1.82) is 0 Å². The first-order valence-electron chi connectivity index (χ1n) is 44.8. The summed E-state index contributed by atoms with van der Waals surface area (Å²) in [5, 5.41) is 2.58. The van der Waals surface area contributed by atoms with Crippen molar-refractivity contribution in [2.24, 2.45) is 0 Å². The first-order chi connectivity index (χ1) is 62.8. The number of aromatic amines is 3. The number of ether oxygens (including phenoxy) is 6. The Bertz CT molecular complexity index is 5500. The summed E-state index contributed by atoms with van der Waals surface area (Å²) in [6.45, 7) is 32.4. The maximum atomic E-state index is 15.2. The molecule has 7 fully saturated rings. The van der Waals surface area contributed by atoms with Crippen LogP contribution in [-0.2, 0) is 52.1 Å². The zero-order valence-electron chi connectivity index (χ0n) is 77.9. The molecule has 6 atom stereocenters. The number of carbonyl (C=O) groups is 9. The molecule has 133 heavy (non-hydrogen) atoms. The van der Waals surface area contributed by atoms with Gasteiger partial charge in [-0.15, -0.1) is 0 Å². The molecule has 10 heterocycles. The lowest BCUT2D eigenvalue weighted by Gasteiger charge is -2.32. The Balaban J connectivity index is 0.000000155. The molecule has 3 aromatic heterocycles. The highest BCUT2D eigenvalue weighted by atomic mass is 127. The Kier molecular flexibility index (Phi) is 30.5. The van der Waals surface area contributed by atoms with E-state index in [-0.39, 0.29) is 97.7 Å². The minimum absolute atomic E-state index is 0.0348. The molecule has 7 amide bonds. The SMILES string of the molecule is CC(=O)CC[C@H]1CN(c2ccc(-c3ccc(-c4cnc([C@@H]5CCCN5C(=O)OC(C)(C)C)[nH]4)cc3)c(F)c2)C(=O)O1.CC(=O)CC[C@H]1CN(c2ccc(-c3ccc(-c4cnc([C@@H]5CCCN5C(=O)OC(C)(C)C)[nH]4)cc3)c(F)c2)C(=O)O1.CC(=O)NC[C@H]1CN(c2ccc(I)c(F)c2)C(=O)O1.CC(C)(C)OC(=O)N1CCC[C@H]1c1ncc(-c2ccc(B3OC(C)(C)C(C)(C)O3)cc2)[nH]1. The molecule has 9 aromatic rings. The molecule has 0 spiro atoms. The van der Waals surface area contributed by atoms with Crippen LogP contribution in [0.25, 0.3) is 56.0 Å². The van der Waals surface area contributed by atoms with Crippen molar-refractivity contribution in [1.82, 2.24) is 49.9 Å². The van der Waals surface area contributed by atoms with Gasteiger partial charge in [-0.05, 0) is 266 Å². The van der Waals surface area contributed by atoms with Crippen LogP contribution in [0.2, 0.25) is 0 Å². The number of cyclic esters (lactones) is 3. The Hall–Kier alpha value is -12.1. The standard InChI is InChI=1S/2C31H35FN4O5.C24H34BN3O4.C12H12FIN2O3/c2*1-19(37)7-13-23-18-36(29(38)40-23)22-12-14-24(25(32)16-22)20-8-10-21(11-9-20)26-17-33-28(34-26)27-6-5-15-35(27)30(39)41-31(2,3)4;1-22(2,3)30-21(29)28-14-8-9-19(28)20-26-15-18(27-20)16-10-12-17(13-11-16)25-31-23(4,5)24(6,7)32-25;1-7(17)15-5-9-6-16(12(18)19-9)8-2-3-11(14)10(13)4-8/h2*8-12,14,16-17,23,27H,5-7,13,15,18H2,1-4H3,(H,33,34);10-13,15,19H,8-9,14H2,1-7H3,(H,26,27);2-4,9H,5-6H2,1H3,(H,15,17)/t2*23-,27-;19-;9-/m0000/s1. The molecule has 0 aliphatic carbocycles. The number of anilines is 3. The second kappa shape index (κ2) is 41.2. The van der Waals surface area contributed by atoms with Crippen LogP contribution in [0.15, 0.2) is 146 Å². The third kappa shape index (κ3) is 24.9. The van der Waals surface area contributed by atoms with Gasteiger partial charge in [0.05, 0.1) is 108 Å². The van der Waals surface area contributed by atoms with Crippen LogP contribution in [0.1, 0.15) is 211 Å². The Morgan fingerprint density at radius 1 is 0.459 bits per heavy atom. The molecular formula is C98H116BF3IN13O17. The first-order valence-corrected chi connectivity index (χ1v) is 45.9. The fourth-order valence-corrected chi connectivity index (χ4v) is 16.6. The molecule has 35 heteroatoms. The number of hydrogen-bond acceptors (Lipinski definition) is 20. The molecule has 16 rings (SSSR count). The summed E-state index contributed by atoms with van der Waals surface area (Å²) >= 11 is 1.88. The van der Waals surface area contributed by atoms with Gasteiger partial charge in [0, 0.05) is 54.1 Å². The second-order valence-corrected chi connectivity index (χ2v) is 39.3. The molecule has 7 saturated heterocycles. The van der Waals surface area contributed by atoms with E-state index in [4.69, 9.17) is 37.7 Å². The largest absolute Gasteiger partial charge is 0.494 e. The van der Waals surface area contributed by atoms with Gasteiger partial charge in [0.15, 0.2) is 0 Å². The monoisotopic (exact) mass is 1940 g/mol. The summed E-state index contributed by atoms with van der Waals surface area (Å²) < 4.78 is 89.1. The normalized spacial score (nSPS) is 19.7. The number of Topliss-reactive ketones (excluding diaryl/α,β-unsaturated/α-hetero) is 2. The second-order valence-electron chi connectivity index (χ2n) is 38.1. The number of aromatic nitrogens is 6. The highest BCUT2D eigenvalue weighted by Crippen LogP contribution is 2.42. The van der Waals surface area contributed by atoms with Crippen molar-refractivity contribution < 1.29 is 94.1 Å². The number of ketones is 2. The minimum atomic E-state index is -0.569. The third-order valence-corrected chi connectivity index (χ3v) is 24.6. The van der Waals surface area contributed by atoms with Gasteiger partial charge in [0.25, 0.3) is 0 Å². The van der Waals surface area contributed by atoms with Gasteiger partial charge >= 0.3 is 43.7 Å². The number of rotatable bonds is 20. The number of likely N-dealkylation sites (tertiary alicyclic amines) is 3. The molecule has 0 bridgehead atoms. The summed E-state index contributed by atoms with van der Waals surface area (Å²) in [5.41, 5.74) is 7.35. The van der Waals surface area contributed by atoms with E-state index in [1.807, 2.05) is 164 Å². The number of nitrogens with one attached hydrogen (secondary N) is 4. The molecular weight excluding hydrogens is 1830 g/mol. The average Bonchev–Trinajstić information content (AvgIpc) is 1.61. The van der Waals surface area contributed by atoms with Crippen molar-refractivity contribution in [2.45, 2.75) is 239 Å². The smallest absolute Gasteiger partial charge is 0.444 e. The molecule has 7 aliphatic rings. The van der Waals surface area contributed by atoms with E-state index in [1.165, 1.54) is 53.7 Å². The van der Waals surface area contributed by atoms with Crippen molar-refractivity contribution in [2.75, 3.05) is 60.5 Å². The van der Waals surface area contributed by atoms with E-state index in [1.54, 1.807) is 63.5 Å². The molecule has 0 radical (unpaired) electrons. The lowest BCUT2D eigenvalue weighted by atomic mass is 9.79. The molecule has 7 aliphatic heterocycles. The number of carbonyl (C=O) groups excluding carboxylic acids is 9. The molecule has 706 valence electrons. The van der Waals surface area contributed by atoms with E-state index in [9.17, 15) is 47.5 Å². The van der Waals surface area contributed by atoms with Gasteiger partial charge in [-0.1, -0.05) is 72.8 Å². The average molecular weight is 1940 g/mol. The maximum absolute atomic E-state index is 15.2. The topological polar surface area (TPSA) is 345 Å². The predicted molar refractivity (Wildman–Crippen MR) is 504 cm³/mol. The molecule has 4 N–H and O–H groups in total. The van der Waals surface area contributed by atoms with Gasteiger partial charge in [0.2, 0.25) is 5.91 Å². The number of imidazole rings is 3. The van der Waals surface area contributed by atoms with Crippen molar-refractivity contribution in [3.63, 3.8) is 0 Å². The van der Waals surface area contributed by atoms with E-state index < -0.39 is 65.0 Å². The highest BCUT2D eigenvalue weighted by molar-refractivity contribution is 14.1. The summed E-state index contributed by atoms with van der Waals surface area (Å²) in [5.74, 6) is 0.797. The van der Waals surface area contributed by atoms with Crippen LogP contribution < -0.4 is 25.5 Å². The number of benzene rings is 6. The van der Waals surface area contributed by atoms with Crippen molar-refractivity contribution in [3.8, 4) is 56.0 Å². The van der Waals surface area contributed by atoms with Gasteiger partial charge in [-0.2, -0.15) is 0 Å². The fraction of sp³-hybridized carbons (Fsp3) is 0.449. The number of hydrogen-bond donors (Lipinski definition) is 4. The molecule has 6 aromatic carbocycles. The van der Waals surface area contributed by atoms with Crippen LogP contribution in [0, 0.1) is 21.0 Å². The number of halogens is 4. The summed E-state index contributed by atoms with van der Waals surface area (Å²) in [4.78, 5) is 141. The van der Waals surface area contributed by atoms with E-state index in [2.05, 4.69) is 62.9 Å². The fourth-order valence-electron chi connectivity index (χ4n) is 16.2. The molecule has 30 nitrogen and oxygen atoms in total. The zero-order chi connectivity index (χ0) is 95.9. The molecule has 0 unspecified atom stereocenters. The highest BCUT2D eigenvalue weighted by Gasteiger charge is 2.52. The third-order valence-electron chi connectivity index (χ3n) is 23.7. The quantitative estimate of drug-likeness (QED) is 0.0313. The van der Waals surface area contributed by atoms with Crippen molar-refractivity contribution >= 4 is 106 Å². The summed E-state index contributed by atoms with van der Waals surface area (Å²) in [6, 6.07) is 36.5. The van der Waals surface area contributed by atoms with Crippen molar-refractivity contribution in [3.05, 3.63) is 184 Å². The van der Waals surface area contributed by atoms with E-state index in [0.29, 0.717) is 106 Å². The zero-order valence-corrected chi connectivity index (χ0v) is 80.1. The Labute approximate surface area is 786 Å².